The summed E-state index contributed by atoms with van der Waals surface area (Å²) in [5, 5.41) is 4.34. The van der Waals surface area contributed by atoms with Gasteiger partial charge in [0.25, 0.3) is 0 Å². The number of rotatable bonds is 6. The molecule has 2 aromatic carbocycles. The van der Waals surface area contributed by atoms with Gasteiger partial charge in [0.2, 0.25) is 5.91 Å². The van der Waals surface area contributed by atoms with Gasteiger partial charge in [-0.1, -0.05) is 30.3 Å². The van der Waals surface area contributed by atoms with Gasteiger partial charge < -0.3 is 10.3 Å². The second-order valence-electron chi connectivity index (χ2n) is 7.94. The minimum Gasteiger partial charge on any atom is -0.361 e. The number of likely N-dealkylation sites (tertiary alicyclic amines) is 1. The van der Waals surface area contributed by atoms with Crippen LogP contribution in [0.25, 0.3) is 10.9 Å². The van der Waals surface area contributed by atoms with Crippen molar-refractivity contribution in [2.24, 2.45) is 0 Å². The summed E-state index contributed by atoms with van der Waals surface area (Å²) >= 11 is 0. The van der Waals surface area contributed by atoms with Gasteiger partial charge in [0.05, 0.1) is 6.04 Å². The number of piperidine rings is 1. The van der Waals surface area contributed by atoms with Crippen molar-refractivity contribution in [1.29, 1.82) is 0 Å². The number of para-hydroxylation sites is 1. The molecular weight excluding hydrogens is 365 g/mol. The summed E-state index contributed by atoms with van der Waals surface area (Å²) in [5.41, 5.74) is 3.62. The highest BCUT2D eigenvalue weighted by Gasteiger charge is 2.28. The zero-order valence-corrected chi connectivity index (χ0v) is 16.8. The Bertz CT molecular complexity index is 958. The van der Waals surface area contributed by atoms with Crippen molar-refractivity contribution in [3.63, 3.8) is 0 Å². The number of hydrogen-bond donors (Lipinski definition) is 2. The first-order valence-electron chi connectivity index (χ1n) is 10.4. The number of nitrogens with one attached hydrogen (secondary N) is 2. The molecular formula is C24H28FN3O. The van der Waals surface area contributed by atoms with E-state index in [0.29, 0.717) is 18.9 Å². The number of hydrogen-bond acceptors (Lipinski definition) is 2. The molecule has 2 heterocycles. The van der Waals surface area contributed by atoms with Gasteiger partial charge in [-0.2, -0.15) is 0 Å². The first-order chi connectivity index (χ1) is 14.1. The van der Waals surface area contributed by atoms with Crippen LogP contribution >= 0.6 is 0 Å². The van der Waals surface area contributed by atoms with Gasteiger partial charge in [-0.25, -0.2) is 4.39 Å². The Hall–Kier alpha value is -2.66. The molecule has 0 spiro atoms. The Balaban J connectivity index is 1.26. The van der Waals surface area contributed by atoms with Gasteiger partial charge in [0.1, 0.15) is 5.82 Å². The van der Waals surface area contributed by atoms with Gasteiger partial charge in [-0.15, -0.1) is 0 Å². The molecule has 1 saturated heterocycles. The fourth-order valence-corrected chi connectivity index (χ4v) is 4.32. The largest absolute Gasteiger partial charge is 0.361 e. The third-order valence-corrected chi connectivity index (χ3v) is 6.14. The summed E-state index contributed by atoms with van der Waals surface area (Å²) in [4.78, 5) is 18.2. The van der Waals surface area contributed by atoms with Crippen LogP contribution in [0.4, 0.5) is 4.39 Å². The van der Waals surface area contributed by atoms with Crippen LogP contribution in [0.2, 0.25) is 0 Å². The minimum absolute atomic E-state index is 0.0673. The van der Waals surface area contributed by atoms with Crippen LogP contribution in [0.5, 0.6) is 0 Å². The number of halogens is 1. The molecule has 5 heteroatoms. The third kappa shape index (κ3) is 4.51. The number of benzene rings is 2. The van der Waals surface area contributed by atoms with E-state index in [1.54, 1.807) is 12.1 Å². The van der Waals surface area contributed by atoms with E-state index in [9.17, 15) is 9.18 Å². The van der Waals surface area contributed by atoms with Crippen molar-refractivity contribution in [2.45, 2.75) is 38.1 Å². The Labute approximate surface area is 171 Å². The lowest BCUT2D eigenvalue weighted by Crippen LogP contribution is -2.48. The van der Waals surface area contributed by atoms with E-state index in [2.05, 4.69) is 45.7 Å². The number of H-pyrrole nitrogens is 1. The number of amides is 1. The summed E-state index contributed by atoms with van der Waals surface area (Å²) in [6, 6.07) is 14.8. The topological polar surface area (TPSA) is 48.1 Å². The number of aromatic nitrogens is 1. The fourth-order valence-electron chi connectivity index (χ4n) is 4.32. The average molecular weight is 394 g/mol. The predicted octanol–water partition coefficient (Wildman–Crippen LogP) is 4.23. The van der Waals surface area contributed by atoms with Crippen LogP contribution in [0.3, 0.4) is 0 Å². The Kier molecular flexibility index (Phi) is 5.95. The van der Waals surface area contributed by atoms with Crippen molar-refractivity contribution in [3.05, 3.63) is 71.7 Å². The highest BCUT2D eigenvalue weighted by atomic mass is 19.1. The van der Waals surface area contributed by atoms with E-state index in [0.717, 1.165) is 31.5 Å². The molecule has 1 aliphatic rings. The van der Waals surface area contributed by atoms with Crippen LogP contribution in [0, 0.1) is 5.82 Å². The highest BCUT2D eigenvalue weighted by molar-refractivity contribution is 5.83. The number of carbonyl (C=O) groups is 1. The molecule has 1 atom stereocenters. The van der Waals surface area contributed by atoms with Gasteiger partial charge in [-0.3, -0.25) is 9.69 Å². The maximum Gasteiger partial charge on any atom is 0.237 e. The normalized spacial score (nSPS) is 16.8. The molecule has 1 aliphatic heterocycles. The Morgan fingerprint density at radius 2 is 1.90 bits per heavy atom. The van der Waals surface area contributed by atoms with Crippen LogP contribution in [-0.2, 0) is 11.2 Å². The van der Waals surface area contributed by atoms with Crippen molar-refractivity contribution < 1.29 is 9.18 Å². The van der Waals surface area contributed by atoms with Crippen LogP contribution in [0.15, 0.2) is 54.7 Å². The van der Waals surface area contributed by atoms with E-state index >= 15 is 0 Å². The van der Waals surface area contributed by atoms with Crippen molar-refractivity contribution in [1.82, 2.24) is 15.2 Å². The molecule has 1 amide bonds. The summed E-state index contributed by atoms with van der Waals surface area (Å²) in [5.74, 6) is 0.372. The summed E-state index contributed by atoms with van der Waals surface area (Å²) in [7, 11) is 0. The van der Waals surface area contributed by atoms with Crippen LogP contribution in [-0.4, -0.2) is 41.5 Å². The number of carbonyl (C=O) groups excluding carboxylic acids is 1. The van der Waals surface area contributed by atoms with E-state index in [1.807, 2.05) is 6.92 Å². The lowest BCUT2D eigenvalue weighted by Gasteiger charge is -2.35. The number of nitrogens with zero attached hydrogens (tertiary/aromatic N) is 1. The molecule has 4 rings (SSSR count). The SMILES string of the molecule is CC(C(=O)NCCc1ccc(F)cc1)N1CCC(c2c[nH]c3ccccc23)CC1. The zero-order valence-electron chi connectivity index (χ0n) is 16.8. The Morgan fingerprint density at radius 1 is 1.17 bits per heavy atom. The molecule has 0 bridgehead atoms. The lowest BCUT2D eigenvalue weighted by atomic mass is 9.88. The van der Waals surface area contributed by atoms with Crippen LogP contribution in [0.1, 0.15) is 36.8 Å². The van der Waals surface area contributed by atoms with Gasteiger partial charge in [0.15, 0.2) is 0 Å². The molecule has 0 radical (unpaired) electrons. The monoisotopic (exact) mass is 393 g/mol. The zero-order chi connectivity index (χ0) is 20.2. The second kappa shape index (κ2) is 8.78. The third-order valence-electron chi connectivity index (χ3n) is 6.14. The molecule has 1 unspecified atom stereocenters. The average Bonchev–Trinajstić information content (AvgIpc) is 3.19. The molecule has 1 fully saturated rings. The molecule has 152 valence electrons. The van der Waals surface area contributed by atoms with Crippen molar-refractivity contribution in [3.8, 4) is 0 Å². The number of aromatic amines is 1. The van der Waals surface area contributed by atoms with E-state index in [-0.39, 0.29) is 17.8 Å². The quantitative estimate of drug-likeness (QED) is 0.658. The summed E-state index contributed by atoms with van der Waals surface area (Å²) in [6.07, 6.45) is 4.99. The summed E-state index contributed by atoms with van der Waals surface area (Å²) in [6.45, 7) is 4.41. The van der Waals surface area contributed by atoms with Crippen molar-refractivity contribution in [2.75, 3.05) is 19.6 Å². The maximum absolute atomic E-state index is 13.0. The van der Waals surface area contributed by atoms with Gasteiger partial charge >= 0.3 is 0 Å². The number of fused-ring (bicyclic) bond motifs is 1. The molecule has 4 nitrogen and oxygen atoms in total. The Morgan fingerprint density at radius 3 is 2.66 bits per heavy atom. The standard InChI is InChI=1S/C24H28FN3O/c1-17(24(29)26-13-10-18-6-8-20(25)9-7-18)28-14-11-19(12-15-28)22-16-27-23-5-3-2-4-21(22)23/h2-9,16-17,19,27H,10-15H2,1H3,(H,26,29). The molecule has 1 aromatic heterocycles. The molecule has 2 N–H and O–H groups in total. The van der Waals surface area contributed by atoms with Crippen LogP contribution < -0.4 is 5.32 Å². The highest BCUT2D eigenvalue weighted by Crippen LogP contribution is 2.33. The van der Waals surface area contributed by atoms with Crippen molar-refractivity contribution >= 4 is 16.8 Å². The minimum atomic E-state index is -0.234. The smallest absolute Gasteiger partial charge is 0.237 e. The fraction of sp³-hybridized carbons (Fsp3) is 0.375. The van der Waals surface area contributed by atoms with Gasteiger partial charge in [-0.05, 0) is 74.5 Å². The second-order valence-corrected chi connectivity index (χ2v) is 7.94. The molecule has 29 heavy (non-hydrogen) atoms. The van der Waals surface area contributed by atoms with E-state index < -0.39 is 0 Å². The first kappa shape index (κ1) is 19.6. The first-order valence-corrected chi connectivity index (χ1v) is 10.4. The molecule has 3 aromatic rings. The molecule has 0 aliphatic carbocycles. The van der Waals surface area contributed by atoms with E-state index in [4.69, 9.17) is 0 Å². The van der Waals surface area contributed by atoms with Gasteiger partial charge in [0, 0.05) is 23.6 Å². The summed E-state index contributed by atoms with van der Waals surface area (Å²) < 4.78 is 13.0. The molecule has 0 saturated carbocycles. The maximum atomic E-state index is 13.0. The lowest BCUT2D eigenvalue weighted by molar-refractivity contribution is -0.126. The van der Waals surface area contributed by atoms with E-state index in [1.165, 1.54) is 28.6 Å². The predicted molar refractivity (Wildman–Crippen MR) is 114 cm³/mol.